The molecular formula is C40H59N7O4. The zero-order chi connectivity index (χ0) is 36.6. The molecule has 0 atom stereocenters. The molecule has 3 aromatic rings. The Morgan fingerprint density at radius 1 is 0.922 bits per heavy atom. The largest absolute Gasteiger partial charge is 0.496 e. The Morgan fingerprint density at radius 2 is 1.67 bits per heavy atom. The molecule has 11 heteroatoms. The number of nitrogens with one attached hydrogen (secondary N) is 1. The fourth-order valence-corrected chi connectivity index (χ4v) is 6.31. The molecule has 51 heavy (non-hydrogen) atoms. The summed E-state index contributed by atoms with van der Waals surface area (Å²) in [6.07, 6.45) is 8.35. The van der Waals surface area contributed by atoms with Gasteiger partial charge in [0.05, 0.1) is 30.7 Å². The van der Waals surface area contributed by atoms with Gasteiger partial charge in [-0.25, -0.2) is 4.79 Å². The van der Waals surface area contributed by atoms with Crippen molar-refractivity contribution in [1.29, 1.82) is 0 Å². The summed E-state index contributed by atoms with van der Waals surface area (Å²) in [4.78, 5) is 34.1. The summed E-state index contributed by atoms with van der Waals surface area (Å²) in [5, 5.41) is 2.91. The standard InChI is InChI=1S/C40H59N7O4/c1-5-6-10-20-43-38(30(2)3)39-35(42)18-21-47(39)28-33-15-12-32(26-36(33)50-4)27-45-22-24-46(25-23-45)40(49)51-29-31-13-16-34(17-14-31)44-37(48)11-8-7-9-19-41/h12-18,21,26,30H,5-11,19-20,22-25,27-29,41-42H2,1-4H3,(H,44,48). The van der Waals surface area contributed by atoms with E-state index < -0.39 is 0 Å². The van der Waals surface area contributed by atoms with Crippen molar-refractivity contribution >= 4 is 29.1 Å². The van der Waals surface area contributed by atoms with Crippen molar-refractivity contribution in [1.82, 2.24) is 14.4 Å². The second kappa shape index (κ2) is 20.5. The van der Waals surface area contributed by atoms with Crippen LogP contribution in [0.1, 0.15) is 88.1 Å². The number of nitrogen functional groups attached to an aromatic ring is 1. The molecule has 4 rings (SSSR count). The number of carbonyl (C=O) groups is 2. The zero-order valence-electron chi connectivity index (χ0n) is 31.2. The Hall–Kier alpha value is -4.35. The van der Waals surface area contributed by atoms with E-state index in [1.54, 1.807) is 12.0 Å². The van der Waals surface area contributed by atoms with Gasteiger partial charge in [0, 0.05) is 63.1 Å². The number of anilines is 2. The summed E-state index contributed by atoms with van der Waals surface area (Å²) in [7, 11) is 1.71. The third-order valence-electron chi connectivity index (χ3n) is 9.26. The first-order valence-corrected chi connectivity index (χ1v) is 18.6. The van der Waals surface area contributed by atoms with E-state index in [0.717, 1.165) is 97.1 Å². The van der Waals surface area contributed by atoms with Gasteiger partial charge in [0.25, 0.3) is 0 Å². The molecule has 1 fully saturated rings. The number of benzene rings is 2. The Balaban J connectivity index is 1.25. The summed E-state index contributed by atoms with van der Waals surface area (Å²) in [5.41, 5.74) is 18.6. The Kier molecular flexibility index (Phi) is 15.8. The first-order chi connectivity index (χ1) is 24.7. The van der Waals surface area contributed by atoms with E-state index in [1.807, 2.05) is 36.5 Å². The minimum Gasteiger partial charge on any atom is -0.496 e. The molecule has 5 N–H and O–H groups in total. The van der Waals surface area contributed by atoms with E-state index in [9.17, 15) is 9.59 Å². The predicted octanol–water partition coefficient (Wildman–Crippen LogP) is 6.67. The molecular weight excluding hydrogens is 642 g/mol. The van der Waals surface area contributed by atoms with Crippen LogP contribution in [0, 0.1) is 5.92 Å². The van der Waals surface area contributed by atoms with Gasteiger partial charge in [0.15, 0.2) is 0 Å². The topological polar surface area (TPSA) is 140 Å². The van der Waals surface area contributed by atoms with Gasteiger partial charge >= 0.3 is 6.09 Å². The van der Waals surface area contributed by atoms with Crippen LogP contribution in [0.15, 0.2) is 59.7 Å². The molecule has 1 saturated heterocycles. The van der Waals surface area contributed by atoms with Crippen LogP contribution in [0.3, 0.4) is 0 Å². The van der Waals surface area contributed by atoms with Crippen LogP contribution in [-0.2, 0) is 29.2 Å². The van der Waals surface area contributed by atoms with Crippen LogP contribution >= 0.6 is 0 Å². The third-order valence-corrected chi connectivity index (χ3v) is 9.26. The molecule has 0 aliphatic carbocycles. The second-order valence-corrected chi connectivity index (χ2v) is 13.7. The van der Waals surface area contributed by atoms with Gasteiger partial charge in [-0.15, -0.1) is 0 Å². The molecule has 0 radical (unpaired) electrons. The lowest BCUT2D eigenvalue weighted by Gasteiger charge is -2.34. The van der Waals surface area contributed by atoms with Gasteiger partial charge in [-0.3, -0.25) is 14.7 Å². The molecule has 0 saturated carbocycles. The number of aliphatic imine (C=N–C) groups is 1. The van der Waals surface area contributed by atoms with Gasteiger partial charge in [-0.2, -0.15) is 0 Å². The lowest BCUT2D eigenvalue weighted by molar-refractivity contribution is -0.116. The highest BCUT2D eigenvalue weighted by molar-refractivity contribution is 6.04. The number of piperazine rings is 1. The van der Waals surface area contributed by atoms with Crippen LogP contribution < -0.4 is 21.5 Å². The summed E-state index contributed by atoms with van der Waals surface area (Å²) in [5.74, 6) is 1.09. The molecule has 0 spiro atoms. The van der Waals surface area contributed by atoms with Crippen molar-refractivity contribution in [3.63, 3.8) is 0 Å². The molecule has 2 amide bonds. The van der Waals surface area contributed by atoms with Crippen molar-refractivity contribution in [2.75, 3.05) is 57.4 Å². The average Bonchev–Trinajstić information content (AvgIpc) is 3.49. The van der Waals surface area contributed by atoms with E-state index in [1.165, 1.54) is 12.8 Å². The highest BCUT2D eigenvalue weighted by atomic mass is 16.6. The number of amides is 2. The van der Waals surface area contributed by atoms with Crippen molar-refractivity contribution in [2.24, 2.45) is 16.6 Å². The molecule has 11 nitrogen and oxygen atoms in total. The van der Waals surface area contributed by atoms with Gasteiger partial charge in [-0.05, 0) is 67.1 Å². The number of carbonyl (C=O) groups excluding carboxylic acids is 2. The van der Waals surface area contributed by atoms with E-state index in [-0.39, 0.29) is 24.5 Å². The summed E-state index contributed by atoms with van der Waals surface area (Å²) < 4.78 is 13.7. The van der Waals surface area contributed by atoms with E-state index in [4.69, 9.17) is 25.9 Å². The fourth-order valence-electron chi connectivity index (χ4n) is 6.31. The Bertz CT molecular complexity index is 1560. The average molecular weight is 702 g/mol. The van der Waals surface area contributed by atoms with E-state index in [0.29, 0.717) is 32.6 Å². The molecule has 2 aromatic carbocycles. The van der Waals surface area contributed by atoms with Crippen LogP contribution in [0.4, 0.5) is 16.2 Å². The SMILES string of the molecule is CCCCCN=C(c1c(N)ccn1Cc1ccc(CN2CCN(C(=O)OCc3ccc(NC(=O)CCCCCN)cc3)CC2)cc1OC)C(C)C. The zero-order valence-corrected chi connectivity index (χ0v) is 31.2. The third kappa shape index (κ3) is 12.1. The van der Waals surface area contributed by atoms with Crippen LogP contribution in [0.2, 0.25) is 0 Å². The van der Waals surface area contributed by atoms with Gasteiger partial charge < -0.3 is 35.7 Å². The molecule has 1 aromatic heterocycles. The van der Waals surface area contributed by atoms with Gasteiger partial charge in [-0.1, -0.05) is 64.3 Å². The van der Waals surface area contributed by atoms with Gasteiger partial charge in [0.1, 0.15) is 12.4 Å². The monoisotopic (exact) mass is 701 g/mol. The summed E-state index contributed by atoms with van der Waals surface area (Å²) in [6.45, 7) is 12.3. The van der Waals surface area contributed by atoms with Crippen molar-refractivity contribution in [2.45, 2.75) is 85.4 Å². The van der Waals surface area contributed by atoms with E-state index >= 15 is 0 Å². The number of nitrogens with zero attached hydrogens (tertiary/aromatic N) is 4. The number of hydrogen-bond donors (Lipinski definition) is 3. The lowest BCUT2D eigenvalue weighted by atomic mass is 10.0. The Labute approximate surface area is 304 Å². The van der Waals surface area contributed by atoms with Crippen molar-refractivity contribution in [3.05, 3.63) is 77.1 Å². The molecule has 1 aliphatic rings. The minimum atomic E-state index is -0.313. The van der Waals surface area contributed by atoms with E-state index in [2.05, 4.69) is 53.8 Å². The van der Waals surface area contributed by atoms with Crippen LogP contribution in [0.5, 0.6) is 5.75 Å². The highest BCUT2D eigenvalue weighted by Crippen LogP contribution is 2.26. The smallest absolute Gasteiger partial charge is 0.410 e. The number of aromatic nitrogens is 1. The molecule has 0 bridgehead atoms. The minimum absolute atomic E-state index is 0.00603. The number of ether oxygens (including phenoxy) is 2. The van der Waals surface area contributed by atoms with Crippen molar-refractivity contribution < 1.29 is 19.1 Å². The molecule has 1 aliphatic heterocycles. The Morgan fingerprint density at radius 3 is 2.35 bits per heavy atom. The maximum absolute atomic E-state index is 12.8. The highest BCUT2D eigenvalue weighted by Gasteiger charge is 2.23. The van der Waals surface area contributed by atoms with Crippen LogP contribution in [0.25, 0.3) is 0 Å². The van der Waals surface area contributed by atoms with Crippen molar-refractivity contribution in [3.8, 4) is 5.75 Å². The van der Waals surface area contributed by atoms with Gasteiger partial charge in [0.2, 0.25) is 5.91 Å². The maximum Gasteiger partial charge on any atom is 0.410 e. The predicted molar refractivity (Wildman–Crippen MR) is 206 cm³/mol. The molecule has 2 heterocycles. The molecule has 0 unspecified atom stereocenters. The van der Waals surface area contributed by atoms with Crippen LogP contribution in [-0.4, -0.2) is 78.5 Å². The fraction of sp³-hybridized carbons (Fsp3) is 0.525. The quantitative estimate of drug-likeness (QED) is 0.0937. The summed E-state index contributed by atoms with van der Waals surface area (Å²) in [6, 6.07) is 15.8. The molecule has 278 valence electrons. The number of hydrogen-bond acceptors (Lipinski definition) is 8. The number of nitrogens with two attached hydrogens (primary N) is 2. The number of unbranched alkanes of at least 4 members (excludes halogenated alkanes) is 4. The maximum atomic E-state index is 12.8. The lowest BCUT2D eigenvalue weighted by Crippen LogP contribution is -2.48. The number of methoxy groups -OCH3 is 1. The number of rotatable bonds is 19. The second-order valence-electron chi connectivity index (χ2n) is 13.7. The normalized spacial score (nSPS) is 13.8. The first kappa shape index (κ1) is 39.4. The first-order valence-electron chi connectivity index (χ1n) is 18.6. The summed E-state index contributed by atoms with van der Waals surface area (Å²) >= 11 is 0.